The zero-order valence-electron chi connectivity index (χ0n) is 2.83. The van der Waals surface area contributed by atoms with Gasteiger partial charge in [-0.15, -0.1) is 0 Å². The van der Waals surface area contributed by atoms with E-state index in [1.54, 1.807) is 0 Å². The number of hydrogen-bond donors (Lipinski definition) is 0. The molecular weight excluding hydrogens is 205 g/mol. The van der Waals surface area contributed by atoms with Crippen molar-refractivity contribution in [2.24, 2.45) is 0 Å². The molecule has 0 radical (unpaired) electrons. The first-order chi connectivity index (χ1) is 0. The Morgan fingerprint density at radius 3 is 1.00 bits per heavy atom. The molecule has 0 aromatic carbocycles. The Kier molecular flexibility index (Phi) is 107. The summed E-state index contributed by atoms with van der Waals surface area (Å²) in [6.45, 7) is 0. The van der Waals surface area contributed by atoms with E-state index >= 15 is 0 Å². The predicted octanol–water partition coefficient (Wildman–Crippen LogP) is -9.16. The van der Waals surface area contributed by atoms with E-state index in [-0.39, 0.29) is 110 Å². The first-order valence-corrected chi connectivity index (χ1v) is 0. The molecule has 1 N–H and O–H groups in total. The summed E-state index contributed by atoms with van der Waals surface area (Å²) in [6.07, 6.45) is 0. The predicted molar refractivity (Wildman–Crippen MR) is 1.94 cm³/mol. The van der Waals surface area contributed by atoms with Gasteiger partial charge in [0, 0.05) is 0 Å². The maximum absolute atomic E-state index is 0. The van der Waals surface area contributed by atoms with Gasteiger partial charge in [0.2, 0.25) is 0 Å². The molecular formula is HIKNaO. The van der Waals surface area contributed by atoms with Gasteiger partial charge in [-0.25, -0.2) is 0 Å². The van der Waals surface area contributed by atoms with Gasteiger partial charge in [0.1, 0.15) is 0 Å². The van der Waals surface area contributed by atoms with Crippen LogP contribution in [-0.4, -0.2) is 5.48 Å². The molecule has 0 saturated carbocycles. The van der Waals surface area contributed by atoms with Crippen LogP contribution in [0, 0.1) is 0 Å². The van der Waals surface area contributed by atoms with Crippen LogP contribution in [0.2, 0.25) is 0 Å². The quantitative estimate of drug-likeness (QED) is 0.286. The molecule has 0 fully saturated rings. The Hall–Kier alpha value is 3.33. The monoisotopic (exact) mass is 206 g/mol. The molecule has 16 valence electrons. The van der Waals surface area contributed by atoms with Crippen molar-refractivity contribution >= 4 is 0 Å². The van der Waals surface area contributed by atoms with Gasteiger partial charge in [-0.05, 0) is 0 Å². The molecule has 0 atom stereocenters. The van der Waals surface area contributed by atoms with Crippen LogP contribution >= 0.6 is 0 Å². The first kappa shape index (κ1) is 26.5. The molecule has 0 rings (SSSR count). The second-order valence-corrected chi connectivity index (χ2v) is 0. The van der Waals surface area contributed by atoms with Crippen LogP contribution in [0.3, 0.4) is 0 Å². The van der Waals surface area contributed by atoms with Crippen LogP contribution < -0.4 is 105 Å². The SMILES string of the molecule is [I-].[K+].[Na+].[OH-]. The van der Waals surface area contributed by atoms with E-state index in [9.17, 15) is 0 Å². The van der Waals surface area contributed by atoms with Gasteiger partial charge in [0.15, 0.2) is 0 Å². The standard InChI is InChI=1S/HI.K.Na.H2O/h1H;;;1H2/q;2*+1;/p-2. The molecule has 0 aromatic rings. The Labute approximate surface area is 107 Å². The summed E-state index contributed by atoms with van der Waals surface area (Å²) in [4.78, 5) is 0. The molecule has 0 aromatic heterocycles. The largest absolute Gasteiger partial charge is 1.00 e. The van der Waals surface area contributed by atoms with Crippen molar-refractivity contribution in [2.45, 2.75) is 0 Å². The van der Waals surface area contributed by atoms with E-state index in [4.69, 9.17) is 0 Å². The van der Waals surface area contributed by atoms with Crippen LogP contribution in [0.4, 0.5) is 0 Å². The maximum atomic E-state index is 0. The Bertz CT molecular complexity index is 8.00. The summed E-state index contributed by atoms with van der Waals surface area (Å²) in [5.74, 6) is 0. The van der Waals surface area contributed by atoms with Crippen LogP contribution in [-0.2, 0) is 0 Å². The molecule has 0 saturated heterocycles. The Morgan fingerprint density at radius 2 is 1.00 bits per heavy atom. The minimum atomic E-state index is 0. The molecule has 0 spiro atoms. The van der Waals surface area contributed by atoms with Crippen LogP contribution in [0.5, 0.6) is 0 Å². The van der Waals surface area contributed by atoms with Gasteiger partial charge in [0.05, 0.1) is 0 Å². The van der Waals surface area contributed by atoms with Gasteiger partial charge in [-0.2, -0.15) is 0 Å². The van der Waals surface area contributed by atoms with E-state index in [0.717, 1.165) is 0 Å². The van der Waals surface area contributed by atoms with E-state index in [0.29, 0.717) is 0 Å². The Morgan fingerprint density at radius 1 is 1.00 bits per heavy atom. The topological polar surface area (TPSA) is 30.0 Å². The molecule has 0 aliphatic carbocycles. The fourth-order valence-corrected chi connectivity index (χ4v) is 0. The van der Waals surface area contributed by atoms with Gasteiger partial charge in [-0.1, -0.05) is 0 Å². The number of halogens is 1. The zero-order chi connectivity index (χ0) is 0. The molecule has 0 aliphatic heterocycles. The minimum absolute atomic E-state index is 0. The summed E-state index contributed by atoms with van der Waals surface area (Å²) < 4.78 is 0. The average Bonchev–Trinajstić information content (AvgIpc) is 0. The first-order valence-electron chi connectivity index (χ1n) is 0. The molecule has 4 heteroatoms. The third kappa shape index (κ3) is 9.01. The van der Waals surface area contributed by atoms with E-state index in [2.05, 4.69) is 0 Å². The van der Waals surface area contributed by atoms with E-state index < -0.39 is 0 Å². The van der Waals surface area contributed by atoms with Crippen molar-refractivity contribution < 1.29 is 110 Å². The summed E-state index contributed by atoms with van der Waals surface area (Å²) >= 11 is 0. The molecule has 0 amide bonds. The maximum Gasteiger partial charge on any atom is 1.00 e. The van der Waals surface area contributed by atoms with Gasteiger partial charge < -0.3 is 29.5 Å². The smallest absolute Gasteiger partial charge is 1.00 e. The second-order valence-electron chi connectivity index (χ2n) is 0. The van der Waals surface area contributed by atoms with Crippen LogP contribution in [0.15, 0.2) is 0 Å². The molecule has 0 bridgehead atoms. The molecule has 0 aliphatic rings. The van der Waals surface area contributed by atoms with E-state index in [1.165, 1.54) is 0 Å². The van der Waals surface area contributed by atoms with Crippen molar-refractivity contribution in [2.75, 3.05) is 0 Å². The molecule has 4 heavy (non-hydrogen) atoms. The van der Waals surface area contributed by atoms with Crippen molar-refractivity contribution in [1.82, 2.24) is 0 Å². The van der Waals surface area contributed by atoms with Gasteiger partial charge in [-0.3, -0.25) is 0 Å². The second kappa shape index (κ2) is 16.2. The van der Waals surface area contributed by atoms with Crippen LogP contribution in [0.1, 0.15) is 0 Å². The normalized spacial score (nSPS) is 0. The van der Waals surface area contributed by atoms with Crippen molar-refractivity contribution in [1.29, 1.82) is 0 Å². The fraction of sp³-hybridized carbons (Fsp3) is 0. The zero-order valence-corrected chi connectivity index (χ0v) is 10.1. The average molecular weight is 206 g/mol. The van der Waals surface area contributed by atoms with Gasteiger partial charge in [0.25, 0.3) is 0 Å². The summed E-state index contributed by atoms with van der Waals surface area (Å²) in [6, 6.07) is 0. The summed E-state index contributed by atoms with van der Waals surface area (Å²) in [7, 11) is 0. The molecule has 0 heterocycles. The molecule has 0 unspecified atom stereocenters. The fourth-order valence-electron chi connectivity index (χ4n) is 0. The van der Waals surface area contributed by atoms with E-state index in [1.807, 2.05) is 0 Å². The van der Waals surface area contributed by atoms with Gasteiger partial charge >= 0.3 is 80.9 Å². The number of hydrogen-bond acceptors (Lipinski definition) is 1. The van der Waals surface area contributed by atoms with Crippen molar-refractivity contribution in [3.05, 3.63) is 0 Å². The number of rotatable bonds is 0. The van der Waals surface area contributed by atoms with Crippen LogP contribution in [0.25, 0.3) is 0 Å². The summed E-state index contributed by atoms with van der Waals surface area (Å²) in [5, 5.41) is 0. The third-order valence-electron chi connectivity index (χ3n) is 0. The summed E-state index contributed by atoms with van der Waals surface area (Å²) in [5.41, 5.74) is 0. The third-order valence-corrected chi connectivity index (χ3v) is 0. The molecule has 1 nitrogen and oxygen atoms in total. The van der Waals surface area contributed by atoms with Crippen molar-refractivity contribution in [3.63, 3.8) is 0 Å². The van der Waals surface area contributed by atoms with Crippen molar-refractivity contribution in [3.8, 4) is 0 Å². The Balaban J connectivity index is 0. The minimum Gasteiger partial charge on any atom is -1.00 e.